The lowest BCUT2D eigenvalue weighted by Crippen LogP contribution is -2.26. The maximum atomic E-state index is 5.60. The Kier molecular flexibility index (Phi) is 5.17. The summed E-state index contributed by atoms with van der Waals surface area (Å²) < 4.78 is 0. The lowest BCUT2D eigenvalue weighted by Gasteiger charge is -2.17. The molecule has 0 aromatic heterocycles. The zero-order valence-corrected chi connectivity index (χ0v) is 6.84. The number of hydrogen-bond acceptors (Lipinski definition) is 1. The Morgan fingerprint density at radius 3 is 1.75 bits per heavy atom. The van der Waals surface area contributed by atoms with Gasteiger partial charge in [0.1, 0.15) is 0 Å². The Morgan fingerprint density at radius 2 is 1.75 bits per heavy atom. The van der Waals surface area contributed by atoms with E-state index in [9.17, 15) is 0 Å². The number of halogens is 3. The van der Waals surface area contributed by atoms with Gasteiger partial charge in [-0.3, -0.25) is 4.90 Å². The van der Waals surface area contributed by atoms with Crippen LogP contribution < -0.4 is 0 Å². The van der Waals surface area contributed by atoms with Crippen molar-refractivity contribution >= 4 is 34.8 Å². The Morgan fingerprint density at radius 1 is 1.38 bits per heavy atom. The average Bonchev–Trinajstić information content (AvgIpc) is 1.69. The predicted octanol–water partition coefficient (Wildman–Crippen LogP) is 2.27. The van der Waals surface area contributed by atoms with Gasteiger partial charge in [0.2, 0.25) is 0 Å². The molecule has 0 amide bonds. The molecule has 8 heavy (non-hydrogen) atoms. The summed E-state index contributed by atoms with van der Waals surface area (Å²) in [4.78, 5) is 1.71. The average molecular weight is 176 g/mol. The molecule has 0 bridgehead atoms. The summed E-state index contributed by atoms with van der Waals surface area (Å²) in [7, 11) is 0. The summed E-state index contributed by atoms with van der Waals surface area (Å²) in [5.74, 6) is 0. The molecule has 1 nitrogen and oxygen atoms in total. The van der Waals surface area contributed by atoms with Gasteiger partial charge in [0.15, 0.2) is 0 Å². The van der Waals surface area contributed by atoms with Gasteiger partial charge < -0.3 is 0 Å². The Labute approximate surface area is 64.5 Å². The SMILES string of the molecule is CC(Cl)N(CCl)CCl. The number of hydrogen-bond donors (Lipinski definition) is 0. The molecule has 0 N–H and O–H groups in total. The zero-order chi connectivity index (χ0) is 6.57. The van der Waals surface area contributed by atoms with Crippen LogP contribution in [0.15, 0.2) is 0 Å². The Hall–Kier alpha value is 0.830. The van der Waals surface area contributed by atoms with Gasteiger partial charge in [-0.1, -0.05) is 0 Å². The van der Waals surface area contributed by atoms with E-state index < -0.39 is 0 Å². The minimum absolute atomic E-state index is 0.0787. The number of nitrogens with zero attached hydrogens (tertiary/aromatic N) is 1. The molecule has 0 spiro atoms. The van der Waals surface area contributed by atoms with E-state index in [1.54, 1.807) is 4.90 Å². The summed E-state index contributed by atoms with van der Waals surface area (Å²) in [5.41, 5.74) is -0.0787. The van der Waals surface area contributed by atoms with Crippen LogP contribution in [0.2, 0.25) is 0 Å². The normalized spacial score (nSPS) is 14.6. The Balaban J connectivity index is 3.35. The lowest BCUT2D eigenvalue weighted by molar-refractivity contribution is 0.358. The minimum atomic E-state index is -0.0787. The van der Waals surface area contributed by atoms with Crippen LogP contribution in [0.25, 0.3) is 0 Å². The van der Waals surface area contributed by atoms with Crippen molar-refractivity contribution in [3.63, 3.8) is 0 Å². The maximum Gasteiger partial charge on any atom is 0.0841 e. The van der Waals surface area contributed by atoms with E-state index >= 15 is 0 Å². The predicted molar refractivity (Wildman–Crippen MR) is 38.6 cm³/mol. The summed E-state index contributed by atoms with van der Waals surface area (Å²) in [6, 6.07) is 0.766. The van der Waals surface area contributed by atoms with Gasteiger partial charge in [-0.05, 0) is 6.92 Å². The van der Waals surface area contributed by atoms with Crippen LogP contribution in [0.5, 0.6) is 0 Å². The van der Waals surface area contributed by atoms with Crippen LogP contribution in [-0.2, 0) is 0 Å². The summed E-state index contributed by atoms with van der Waals surface area (Å²) in [6.07, 6.45) is 0. The minimum Gasteiger partial charge on any atom is -0.260 e. The first-order chi connectivity index (χ1) is 3.72. The van der Waals surface area contributed by atoms with Crippen LogP contribution in [0.4, 0.5) is 0 Å². The molecule has 4 heteroatoms. The molecule has 0 fully saturated rings. The van der Waals surface area contributed by atoms with Crippen molar-refractivity contribution in [2.45, 2.75) is 12.4 Å². The van der Waals surface area contributed by atoms with E-state index in [1.807, 2.05) is 6.92 Å². The van der Waals surface area contributed by atoms with E-state index in [4.69, 9.17) is 34.8 Å². The van der Waals surface area contributed by atoms with Gasteiger partial charge in [0.05, 0.1) is 17.5 Å². The molecule has 0 aromatic rings. The van der Waals surface area contributed by atoms with Crippen LogP contribution in [0.3, 0.4) is 0 Å². The number of rotatable bonds is 3. The molecule has 0 aliphatic carbocycles. The van der Waals surface area contributed by atoms with E-state index in [0.717, 1.165) is 0 Å². The first-order valence-corrected chi connectivity index (χ1v) is 3.73. The second kappa shape index (κ2) is 4.68. The van der Waals surface area contributed by atoms with Crippen LogP contribution >= 0.6 is 34.8 Å². The quantitative estimate of drug-likeness (QED) is 0.471. The molecule has 50 valence electrons. The Bertz CT molecular complexity index is 53.2. The second-order valence-electron chi connectivity index (χ2n) is 1.40. The first kappa shape index (κ1) is 8.83. The third-order valence-electron chi connectivity index (χ3n) is 0.810. The van der Waals surface area contributed by atoms with E-state index in [1.165, 1.54) is 0 Å². The van der Waals surface area contributed by atoms with E-state index in [0.29, 0.717) is 12.0 Å². The molecule has 0 aromatic carbocycles. The van der Waals surface area contributed by atoms with Gasteiger partial charge in [-0.2, -0.15) is 0 Å². The van der Waals surface area contributed by atoms with Gasteiger partial charge in [0.25, 0.3) is 0 Å². The monoisotopic (exact) mass is 175 g/mol. The van der Waals surface area contributed by atoms with E-state index in [2.05, 4.69) is 0 Å². The van der Waals surface area contributed by atoms with Crippen LogP contribution in [0.1, 0.15) is 6.92 Å². The van der Waals surface area contributed by atoms with Crippen molar-refractivity contribution in [3.05, 3.63) is 0 Å². The van der Waals surface area contributed by atoms with Crippen molar-refractivity contribution in [1.82, 2.24) is 4.90 Å². The highest BCUT2D eigenvalue weighted by Gasteiger charge is 2.05. The molecular weight excluding hydrogens is 168 g/mol. The molecule has 0 rings (SSSR count). The lowest BCUT2D eigenvalue weighted by atomic mass is 10.7. The molecular formula is C4H8Cl3N. The highest BCUT2D eigenvalue weighted by molar-refractivity contribution is 6.23. The molecule has 0 radical (unpaired) electrons. The fraction of sp³-hybridized carbons (Fsp3) is 1.00. The second-order valence-corrected chi connectivity index (χ2v) is 2.51. The topological polar surface area (TPSA) is 3.24 Å². The third kappa shape index (κ3) is 2.98. The zero-order valence-electron chi connectivity index (χ0n) is 4.57. The van der Waals surface area contributed by atoms with Crippen LogP contribution in [-0.4, -0.2) is 22.4 Å². The van der Waals surface area contributed by atoms with Crippen molar-refractivity contribution in [3.8, 4) is 0 Å². The van der Waals surface area contributed by atoms with Gasteiger partial charge >= 0.3 is 0 Å². The highest BCUT2D eigenvalue weighted by atomic mass is 35.5. The summed E-state index contributed by atoms with van der Waals surface area (Å²) >= 11 is 16.4. The summed E-state index contributed by atoms with van der Waals surface area (Å²) in [6.45, 7) is 1.83. The first-order valence-electron chi connectivity index (χ1n) is 2.22. The molecule has 0 saturated heterocycles. The van der Waals surface area contributed by atoms with Gasteiger partial charge in [0, 0.05) is 0 Å². The maximum absolute atomic E-state index is 5.60. The van der Waals surface area contributed by atoms with E-state index in [-0.39, 0.29) is 5.50 Å². The molecule has 0 heterocycles. The van der Waals surface area contributed by atoms with Crippen molar-refractivity contribution < 1.29 is 0 Å². The molecule has 0 aliphatic heterocycles. The fourth-order valence-electron chi connectivity index (χ4n) is 0.222. The molecule has 0 saturated carbocycles. The van der Waals surface area contributed by atoms with Crippen molar-refractivity contribution in [1.29, 1.82) is 0 Å². The highest BCUT2D eigenvalue weighted by Crippen LogP contribution is 2.04. The molecule has 1 unspecified atom stereocenters. The van der Waals surface area contributed by atoms with Gasteiger partial charge in [-0.15, -0.1) is 34.8 Å². The fourth-order valence-corrected chi connectivity index (χ4v) is 1.17. The number of alkyl halides is 3. The molecule has 1 atom stereocenters. The third-order valence-corrected chi connectivity index (χ3v) is 1.70. The molecule has 0 aliphatic rings. The van der Waals surface area contributed by atoms with Crippen LogP contribution in [0, 0.1) is 0 Å². The summed E-state index contributed by atoms with van der Waals surface area (Å²) in [5, 5.41) is 0. The van der Waals surface area contributed by atoms with Crippen molar-refractivity contribution in [2.24, 2.45) is 0 Å². The van der Waals surface area contributed by atoms with Gasteiger partial charge in [-0.25, -0.2) is 0 Å². The smallest absolute Gasteiger partial charge is 0.0841 e. The van der Waals surface area contributed by atoms with Crippen molar-refractivity contribution in [2.75, 3.05) is 12.0 Å². The largest absolute Gasteiger partial charge is 0.260 e. The standard InChI is InChI=1S/C4H8Cl3N/c1-4(7)8(2-5)3-6/h4H,2-3H2,1H3.